The fourth-order valence-corrected chi connectivity index (χ4v) is 1.87. The van der Waals surface area contributed by atoms with Gasteiger partial charge in [-0.1, -0.05) is 30.3 Å². The van der Waals surface area contributed by atoms with Crippen LogP contribution in [-0.4, -0.2) is 31.6 Å². The standard InChI is InChI=1S/C17H21NO4/c1-3-4-6-11-15(17(20)21-2)18-16(19)13-22-12-14-9-7-5-8-10-14/h1,5,7-10,15H,4,6,11-13H2,2H3,(H,18,19)/t15-/m0/s1. The molecule has 0 aliphatic heterocycles. The van der Waals surface area contributed by atoms with Gasteiger partial charge in [-0.2, -0.15) is 0 Å². The summed E-state index contributed by atoms with van der Waals surface area (Å²) in [6.45, 7) is 0.228. The molecule has 0 unspecified atom stereocenters. The summed E-state index contributed by atoms with van der Waals surface area (Å²) >= 11 is 0. The second-order valence-corrected chi connectivity index (χ2v) is 4.72. The van der Waals surface area contributed by atoms with Gasteiger partial charge >= 0.3 is 5.97 Å². The van der Waals surface area contributed by atoms with Crippen LogP contribution < -0.4 is 5.32 Å². The minimum absolute atomic E-state index is 0.114. The Hall–Kier alpha value is -2.32. The fourth-order valence-electron chi connectivity index (χ4n) is 1.87. The predicted octanol–water partition coefficient (Wildman–Crippen LogP) is 1.66. The molecule has 1 aromatic carbocycles. The van der Waals surface area contributed by atoms with E-state index in [-0.39, 0.29) is 12.5 Å². The van der Waals surface area contributed by atoms with Crippen molar-refractivity contribution in [3.8, 4) is 12.3 Å². The van der Waals surface area contributed by atoms with Crippen molar-refractivity contribution in [3.63, 3.8) is 0 Å². The van der Waals surface area contributed by atoms with Crippen molar-refractivity contribution in [3.05, 3.63) is 35.9 Å². The summed E-state index contributed by atoms with van der Waals surface area (Å²) < 4.78 is 10.00. The first kappa shape index (κ1) is 17.7. The second kappa shape index (κ2) is 10.4. The molecular weight excluding hydrogens is 282 g/mol. The van der Waals surface area contributed by atoms with Crippen molar-refractivity contribution < 1.29 is 19.1 Å². The number of unbranched alkanes of at least 4 members (excludes halogenated alkanes) is 1. The van der Waals surface area contributed by atoms with Gasteiger partial charge in [-0.05, 0) is 18.4 Å². The van der Waals surface area contributed by atoms with E-state index < -0.39 is 12.0 Å². The number of hydrogen-bond donors (Lipinski definition) is 1. The molecule has 0 aromatic heterocycles. The molecule has 1 aromatic rings. The molecule has 1 amide bonds. The molecule has 0 heterocycles. The summed E-state index contributed by atoms with van der Waals surface area (Å²) in [4.78, 5) is 23.4. The molecule has 5 heteroatoms. The van der Waals surface area contributed by atoms with Gasteiger partial charge in [-0.3, -0.25) is 4.79 Å². The molecule has 0 saturated heterocycles. The number of rotatable bonds is 9. The largest absolute Gasteiger partial charge is 0.467 e. The number of terminal acetylenes is 1. The van der Waals surface area contributed by atoms with Gasteiger partial charge < -0.3 is 14.8 Å². The Morgan fingerprint density at radius 1 is 1.32 bits per heavy atom. The Morgan fingerprint density at radius 3 is 2.68 bits per heavy atom. The van der Waals surface area contributed by atoms with E-state index in [2.05, 4.69) is 16.0 Å². The third-order valence-electron chi connectivity index (χ3n) is 2.98. The van der Waals surface area contributed by atoms with Gasteiger partial charge in [-0.25, -0.2) is 4.79 Å². The van der Waals surface area contributed by atoms with E-state index in [1.54, 1.807) is 0 Å². The van der Waals surface area contributed by atoms with Crippen molar-refractivity contribution in [1.29, 1.82) is 0 Å². The average Bonchev–Trinajstić information content (AvgIpc) is 2.54. The minimum Gasteiger partial charge on any atom is -0.467 e. The van der Waals surface area contributed by atoms with E-state index in [0.717, 1.165) is 5.56 Å². The summed E-state index contributed by atoms with van der Waals surface area (Å²) in [5.74, 6) is 1.66. The summed E-state index contributed by atoms with van der Waals surface area (Å²) in [5, 5.41) is 2.61. The van der Waals surface area contributed by atoms with E-state index >= 15 is 0 Å². The maximum Gasteiger partial charge on any atom is 0.328 e. The number of esters is 1. The maximum absolute atomic E-state index is 11.8. The van der Waals surface area contributed by atoms with Gasteiger partial charge in [0.2, 0.25) is 5.91 Å². The summed E-state index contributed by atoms with van der Waals surface area (Å²) in [6.07, 6.45) is 6.81. The van der Waals surface area contributed by atoms with Crippen molar-refractivity contribution >= 4 is 11.9 Å². The van der Waals surface area contributed by atoms with Crippen LogP contribution in [0.25, 0.3) is 0 Å². The number of carbonyl (C=O) groups excluding carboxylic acids is 2. The molecular formula is C17H21NO4. The maximum atomic E-state index is 11.8. The zero-order chi connectivity index (χ0) is 16.2. The highest BCUT2D eigenvalue weighted by Crippen LogP contribution is 2.03. The molecule has 0 fully saturated rings. The van der Waals surface area contributed by atoms with Crippen LogP contribution in [-0.2, 0) is 25.7 Å². The van der Waals surface area contributed by atoms with Crippen LogP contribution in [0.1, 0.15) is 24.8 Å². The van der Waals surface area contributed by atoms with Gasteiger partial charge in [0.05, 0.1) is 13.7 Å². The van der Waals surface area contributed by atoms with Gasteiger partial charge in [-0.15, -0.1) is 12.3 Å². The second-order valence-electron chi connectivity index (χ2n) is 4.72. The Kier molecular flexibility index (Phi) is 8.39. The normalized spacial score (nSPS) is 11.3. The van der Waals surface area contributed by atoms with Gasteiger partial charge in [0.25, 0.3) is 0 Å². The van der Waals surface area contributed by atoms with E-state index in [1.807, 2.05) is 30.3 Å². The Balaban J connectivity index is 2.35. The SMILES string of the molecule is C#CCCC[C@H](NC(=O)COCc1ccccc1)C(=O)OC. The number of hydrogen-bond acceptors (Lipinski definition) is 4. The Bertz CT molecular complexity index is 507. The van der Waals surface area contributed by atoms with Crippen LogP contribution in [0.5, 0.6) is 0 Å². The van der Waals surface area contributed by atoms with Crippen molar-refractivity contribution in [2.45, 2.75) is 31.9 Å². The lowest BCUT2D eigenvalue weighted by Crippen LogP contribution is -2.43. The summed E-state index contributed by atoms with van der Waals surface area (Å²) in [5.41, 5.74) is 0.980. The van der Waals surface area contributed by atoms with Gasteiger partial charge in [0, 0.05) is 6.42 Å². The Morgan fingerprint density at radius 2 is 2.05 bits per heavy atom. The van der Waals surface area contributed by atoms with Crippen LogP contribution in [0.2, 0.25) is 0 Å². The molecule has 1 atom stereocenters. The third-order valence-corrected chi connectivity index (χ3v) is 2.98. The molecule has 0 bridgehead atoms. The molecule has 0 aliphatic carbocycles. The zero-order valence-corrected chi connectivity index (χ0v) is 12.7. The van der Waals surface area contributed by atoms with Crippen LogP contribution in [0.4, 0.5) is 0 Å². The predicted molar refractivity (Wildman–Crippen MR) is 82.7 cm³/mol. The van der Waals surface area contributed by atoms with Crippen LogP contribution in [0.15, 0.2) is 30.3 Å². The average molecular weight is 303 g/mol. The lowest BCUT2D eigenvalue weighted by Gasteiger charge is -2.16. The minimum atomic E-state index is -0.689. The summed E-state index contributed by atoms with van der Waals surface area (Å²) in [7, 11) is 1.29. The first-order chi connectivity index (χ1) is 10.7. The van der Waals surface area contributed by atoms with Crippen LogP contribution in [0, 0.1) is 12.3 Å². The molecule has 1 N–H and O–H groups in total. The molecule has 1 rings (SSSR count). The lowest BCUT2D eigenvalue weighted by atomic mass is 10.1. The fraction of sp³-hybridized carbons (Fsp3) is 0.412. The Labute approximate surface area is 131 Å². The van der Waals surface area contributed by atoms with Crippen molar-refractivity contribution in [1.82, 2.24) is 5.32 Å². The molecule has 5 nitrogen and oxygen atoms in total. The van der Waals surface area contributed by atoms with Crippen molar-refractivity contribution in [2.24, 2.45) is 0 Å². The molecule has 0 spiro atoms. The molecule has 118 valence electrons. The number of benzene rings is 1. The van der Waals surface area contributed by atoms with Gasteiger partial charge in [0.1, 0.15) is 12.6 Å². The van der Waals surface area contributed by atoms with Crippen LogP contribution in [0.3, 0.4) is 0 Å². The molecule has 0 radical (unpaired) electrons. The highest BCUT2D eigenvalue weighted by atomic mass is 16.5. The van der Waals surface area contributed by atoms with Crippen molar-refractivity contribution in [2.75, 3.05) is 13.7 Å². The molecule has 0 aliphatic rings. The number of ether oxygens (including phenoxy) is 2. The van der Waals surface area contributed by atoms with E-state index in [4.69, 9.17) is 11.2 Å². The van der Waals surface area contributed by atoms with Crippen LogP contribution >= 0.6 is 0 Å². The summed E-state index contributed by atoms with van der Waals surface area (Å²) in [6, 6.07) is 8.85. The number of methoxy groups -OCH3 is 1. The number of nitrogens with one attached hydrogen (secondary N) is 1. The highest BCUT2D eigenvalue weighted by molar-refractivity contribution is 5.84. The van der Waals surface area contributed by atoms with E-state index in [0.29, 0.717) is 25.9 Å². The third kappa shape index (κ3) is 6.91. The number of carbonyl (C=O) groups is 2. The topological polar surface area (TPSA) is 64.6 Å². The smallest absolute Gasteiger partial charge is 0.328 e. The van der Waals surface area contributed by atoms with E-state index in [1.165, 1.54) is 7.11 Å². The first-order valence-electron chi connectivity index (χ1n) is 7.09. The highest BCUT2D eigenvalue weighted by Gasteiger charge is 2.20. The monoisotopic (exact) mass is 303 g/mol. The molecule has 0 saturated carbocycles. The van der Waals surface area contributed by atoms with E-state index in [9.17, 15) is 9.59 Å². The van der Waals surface area contributed by atoms with Gasteiger partial charge in [0.15, 0.2) is 0 Å². The lowest BCUT2D eigenvalue weighted by molar-refractivity contribution is -0.146. The quantitative estimate of drug-likeness (QED) is 0.428. The number of amides is 1. The first-order valence-corrected chi connectivity index (χ1v) is 7.09. The zero-order valence-electron chi connectivity index (χ0n) is 12.7. The molecule has 22 heavy (non-hydrogen) atoms.